The Bertz CT molecular complexity index is 3000. The van der Waals surface area contributed by atoms with Gasteiger partial charge in [0.1, 0.15) is 0 Å². The van der Waals surface area contributed by atoms with Crippen molar-refractivity contribution in [1.29, 1.82) is 0 Å². The fourth-order valence-corrected chi connectivity index (χ4v) is 10.3. The fourth-order valence-electron chi connectivity index (χ4n) is 10.3. The first-order valence-electron chi connectivity index (χ1n) is 20.8. The number of benzene rings is 5. The maximum atomic E-state index is 14.4. The van der Waals surface area contributed by atoms with Gasteiger partial charge in [0.25, 0.3) is 11.1 Å². The minimum atomic E-state index is -0.196. The Morgan fingerprint density at radius 2 is 1.26 bits per heavy atom. The monoisotopic (exact) mass is 758 g/mol. The number of aromatic nitrogens is 2. The molecule has 0 bridgehead atoms. The Morgan fingerprint density at radius 1 is 0.719 bits per heavy atom. The number of carbonyl (C=O) groups is 1. The zero-order valence-electron chi connectivity index (χ0n) is 32.8. The summed E-state index contributed by atoms with van der Waals surface area (Å²) in [5.41, 5.74) is 7.18. The molecule has 2 fully saturated rings. The summed E-state index contributed by atoms with van der Waals surface area (Å²) >= 11 is 0. The van der Waals surface area contributed by atoms with E-state index >= 15 is 0 Å². The summed E-state index contributed by atoms with van der Waals surface area (Å²) < 4.78 is 3.93. The molecule has 0 aliphatic heterocycles. The highest BCUT2D eigenvalue weighted by atomic mass is 16.2. The molecule has 5 aromatic carbocycles. The van der Waals surface area contributed by atoms with Crippen molar-refractivity contribution in [2.75, 3.05) is 13.1 Å². The molecule has 7 aromatic rings. The number of fused-ring (bicyclic) bond motifs is 2. The summed E-state index contributed by atoms with van der Waals surface area (Å²) in [6.45, 7) is 12.2. The molecule has 2 aliphatic rings. The van der Waals surface area contributed by atoms with Crippen LogP contribution in [-0.4, -0.2) is 40.7 Å². The Kier molecular flexibility index (Phi) is 9.63. The molecular weight excluding hydrogens is 709 g/mol. The summed E-state index contributed by atoms with van der Waals surface area (Å²) in [6, 6.07) is 14.9. The average molecular weight is 759 g/mol. The number of hydrogen-bond acceptors (Lipinski definition) is 5. The van der Waals surface area contributed by atoms with E-state index < -0.39 is 0 Å². The van der Waals surface area contributed by atoms with Crippen LogP contribution in [0.5, 0.6) is 0 Å². The maximum absolute atomic E-state index is 14.4. The molecule has 0 saturated heterocycles. The third-order valence-electron chi connectivity index (χ3n) is 12.9. The van der Waals surface area contributed by atoms with Crippen LogP contribution in [0.2, 0.25) is 0 Å². The highest BCUT2D eigenvalue weighted by Crippen LogP contribution is 2.46. The molecule has 0 unspecified atom stereocenters. The van der Waals surface area contributed by atoms with Gasteiger partial charge in [-0.2, -0.15) is 0 Å². The van der Waals surface area contributed by atoms with Gasteiger partial charge in [-0.1, -0.05) is 75.9 Å². The van der Waals surface area contributed by atoms with Gasteiger partial charge >= 0.3 is 0 Å². The third-order valence-corrected chi connectivity index (χ3v) is 12.9. The first-order chi connectivity index (χ1) is 27.8. The Balaban J connectivity index is 1.37. The topological polar surface area (TPSA) is 124 Å². The first-order valence-corrected chi connectivity index (χ1v) is 20.8. The average Bonchev–Trinajstić information content (AvgIpc) is 3.22. The van der Waals surface area contributed by atoms with Gasteiger partial charge in [-0.05, 0) is 94.6 Å². The van der Waals surface area contributed by atoms with Crippen molar-refractivity contribution in [1.82, 2.24) is 14.5 Å². The van der Waals surface area contributed by atoms with E-state index in [0.29, 0.717) is 29.9 Å². The van der Waals surface area contributed by atoms with Crippen LogP contribution in [0.1, 0.15) is 102 Å². The van der Waals surface area contributed by atoms with Gasteiger partial charge in [-0.25, -0.2) is 4.99 Å². The number of aliphatic imine (C=N–C) groups is 2. The fraction of sp³-hybridized carbons (Fsp3) is 0.354. The molecule has 1 amide bonds. The molecule has 57 heavy (non-hydrogen) atoms. The smallest absolute Gasteiger partial charge is 0.261 e. The van der Waals surface area contributed by atoms with Crippen molar-refractivity contribution >= 4 is 102 Å². The molecule has 2 saturated carbocycles. The van der Waals surface area contributed by atoms with E-state index in [9.17, 15) is 14.4 Å². The number of allylic oxidation sites excluding steroid dienone is 1. The van der Waals surface area contributed by atoms with Crippen molar-refractivity contribution in [3.63, 3.8) is 0 Å². The van der Waals surface area contributed by atoms with Crippen LogP contribution >= 0.6 is 0 Å². The molecule has 9 rings (SSSR count). The Labute approximate surface area is 330 Å². The number of nitrogens with zero attached hydrogens (tertiary/aromatic N) is 4. The number of carbonyl (C=O) groups excluding carboxylic acids is 1. The van der Waals surface area contributed by atoms with Crippen molar-refractivity contribution in [2.24, 2.45) is 15.7 Å². The van der Waals surface area contributed by atoms with E-state index in [-0.39, 0.29) is 23.1 Å². The van der Waals surface area contributed by atoms with E-state index in [1.807, 2.05) is 18.3 Å². The number of pyridine rings is 2. The predicted molar refractivity (Wildman–Crippen MR) is 239 cm³/mol. The van der Waals surface area contributed by atoms with Gasteiger partial charge in [0.2, 0.25) is 5.91 Å². The lowest BCUT2D eigenvalue weighted by Gasteiger charge is -2.28. The van der Waals surface area contributed by atoms with Gasteiger partial charge in [0.05, 0.1) is 6.34 Å². The Hall–Kier alpha value is -5.83. The number of nitrogens with two attached hydrogens (primary N) is 1. The van der Waals surface area contributed by atoms with Crippen molar-refractivity contribution in [3.8, 4) is 0 Å². The van der Waals surface area contributed by atoms with Crippen molar-refractivity contribution in [2.45, 2.75) is 96.1 Å². The minimum absolute atomic E-state index is 0.0375. The number of rotatable bonds is 10. The number of unbranched alkanes of at least 4 members (excludes halogenated alkanes) is 1. The summed E-state index contributed by atoms with van der Waals surface area (Å²) in [7, 11) is 0. The quantitative estimate of drug-likeness (QED) is 0.0483. The molecule has 9 heteroatoms. The van der Waals surface area contributed by atoms with E-state index in [0.717, 1.165) is 133 Å². The Morgan fingerprint density at radius 3 is 1.91 bits per heavy atom. The molecule has 9 nitrogen and oxygen atoms in total. The van der Waals surface area contributed by atoms with E-state index in [1.54, 1.807) is 10.8 Å². The molecule has 2 heterocycles. The predicted octanol–water partition coefficient (Wildman–Crippen LogP) is 7.95. The molecule has 290 valence electrons. The van der Waals surface area contributed by atoms with Gasteiger partial charge in [-0.15, -0.1) is 0 Å². The number of amides is 1. The summed E-state index contributed by atoms with van der Waals surface area (Å²) in [4.78, 5) is 49.5. The molecular formula is C48H50N6O3. The highest BCUT2D eigenvalue weighted by molar-refractivity contribution is 6.41. The number of hydrogen-bond donors (Lipinski definition) is 2. The lowest BCUT2D eigenvalue weighted by Crippen LogP contribution is -2.37. The molecule has 3 N–H and O–H groups in total. The minimum Gasteiger partial charge on any atom is -0.390 e. The van der Waals surface area contributed by atoms with Gasteiger partial charge in [0, 0.05) is 93.1 Å². The van der Waals surface area contributed by atoms with Gasteiger partial charge in [-0.3, -0.25) is 23.9 Å². The van der Waals surface area contributed by atoms with Crippen molar-refractivity contribution < 1.29 is 4.79 Å². The van der Waals surface area contributed by atoms with Crippen LogP contribution in [0.4, 0.5) is 0 Å². The van der Waals surface area contributed by atoms with Crippen LogP contribution < -0.4 is 32.9 Å². The lowest BCUT2D eigenvalue weighted by molar-refractivity contribution is -0.118. The van der Waals surface area contributed by atoms with E-state index in [4.69, 9.17) is 23.9 Å². The van der Waals surface area contributed by atoms with Crippen molar-refractivity contribution in [3.05, 3.63) is 85.6 Å². The second-order valence-electron chi connectivity index (χ2n) is 16.3. The summed E-state index contributed by atoms with van der Waals surface area (Å²) in [5, 5.41) is 15.9. The van der Waals surface area contributed by atoms with Gasteiger partial charge in [0.15, 0.2) is 0 Å². The molecule has 0 spiro atoms. The zero-order chi connectivity index (χ0) is 39.4. The molecule has 0 atom stereocenters. The molecule has 0 radical (unpaired) electrons. The van der Waals surface area contributed by atoms with Crippen LogP contribution in [0, 0.1) is 0 Å². The highest BCUT2D eigenvalue weighted by Gasteiger charge is 2.27. The summed E-state index contributed by atoms with van der Waals surface area (Å²) in [6.07, 6.45) is 17.2. The normalized spacial score (nSPS) is 16.7. The first kappa shape index (κ1) is 36.8. The standard InChI is InChI=1S/C48H50N6O3/c1-28-34-16-17-36-35-18-20-38-45-39(48(57)54(47(38)56)33-14-8-5-9-15-33)21-19-37(43(35)45)44-41(31(26-51-27-49)25-50-22-10-11-23-52-30(3)55)24-40(42(34)46(36)44)29(2)53(28)32-12-6-4-7-13-32/h16-21,24-27,32-33H,1-2,4-15,22-23H2,3H3,(H2,49,51)(H,52,55)/b31-26+,50-25?. The van der Waals surface area contributed by atoms with E-state index in [2.05, 4.69) is 45.2 Å². The second kappa shape index (κ2) is 14.9. The largest absolute Gasteiger partial charge is 0.390 e. The maximum Gasteiger partial charge on any atom is 0.261 e. The third kappa shape index (κ3) is 6.01. The zero-order valence-corrected chi connectivity index (χ0v) is 32.8. The van der Waals surface area contributed by atoms with Crippen LogP contribution in [-0.2, 0) is 4.79 Å². The van der Waals surface area contributed by atoms with E-state index in [1.165, 1.54) is 32.5 Å². The molecule has 2 aromatic heterocycles. The van der Waals surface area contributed by atoms with Crippen LogP contribution in [0.25, 0.3) is 83.4 Å². The summed E-state index contributed by atoms with van der Waals surface area (Å²) in [5.74, 6) is -0.0375. The lowest BCUT2D eigenvalue weighted by atomic mass is 9.82. The second-order valence-corrected chi connectivity index (χ2v) is 16.3. The SMILES string of the molecule is C=c1c2ccc3c4ccc5c(=O)n(C6CCCCC6)c(=O)c6ccc(c7c(/C(C=NCCCCNC(C)=O)=C/N=CN)cc(c(=C)n1C1CCCCC1)c2c37)c4c56. The number of nitrogens with one attached hydrogen (secondary N) is 1. The van der Waals surface area contributed by atoms with Gasteiger partial charge < -0.3 is 15.6 Å². The molecule has 2 aliphatic carbocycles. The van der Waals surface area contributed by atoms with Crippen LogP contribution in [0.3, 0.4) is 0 Å². The van der Waals surface area contributed by atoms with Crippen LogP contribution in [0.15, 0.2) is 68.2 Å².